The molecule has 9 heteroatoms. The maximum absolute atomic E-state index is 12.7. The van der Waals surface area contributed by atoms with Crippen molar-refractivity contribution in [1.29, 1.82) is 0 Å². The summed E-state index contributed by atoms with van der Waals surface area (Å²) in [4.78, 5) is 14.4. The van der Waals surface area contributed by atoms with Gasteiger partial charge in [0, 0.05) is 25.4 Å². The summed E-state index contributed by atoms with van der Waals surface area (Å²) < 4.78 is 32.5. The third-order valence-corrected chi connectivity index (χ3v) is 5.24. The van der Waals surface area contributed by atoms with Crippen molar-refractivity contribution in [2.75, 3.05) is 13.6 Å². The fourth-order valence-electron chi connectivity index (χ4n) is 2.79. The molecular weight excluding hydrogens is 320 g/mol. The zero-order chi connectivity index (χ0) is 16.6. The predicted molar refractivity (Wildman–Crippen MR) is 81.2 cm³/mol. The Kier molecular flexibility index (Phi) is 3.99. The van der Waals surface area contributed by atoms with E-state index in [9.17, 15) is 13.2 Å². The number of nitrogens with zero attached hydrogens (tertiary/aromatic N) is 3. The molecule has 0 aliphatic carbocycles. The molecule has 8 nitrogen and oxygen atoms in total. The fraction of sp³-hybridized carbons (Fsp3) is 0.429. The maximum atomic E-state index is 12.7. The lowest BCUT2D eigenvalue weighted by Crippen LogP contribution is -2.30. The average molecular weight is 338 g/mol. The van der Waals surface area contributed by atoms with E-state index in [1.807, 2.05) is 13.2 Å². The molecule has 0 spiro atoms. The van der Waals surface area contributed by atoms with E-state index in [0.717, 1.165) is 18.4 Å². The van der Waals surface area contributed by atoms with Gasteiger partial charge in [0.1, 0.15) is 0 Å². The van der Waals surface area contributed by atoms with Crippen LogP contribution < -0.4 is 4.72 Å². The molecule has 124 valence electrons. The van der Waals surface area contributed by atoms with E-state index in [-0.39, 0.29) is 22.8 Å². The average Bonchev–Trinajstić information content (AvgIpc) is 3.26. The predicted octanol–water partition coefficient (Wildman–Crippen LogP) is 0.898. The van der Waals surface area contributed by atoms with Crippen molar-refractivity contribution in [2.24, 2.45) is 7.05 Å². The zero-order valence-electron chi connectivity index (χ0n) is 12.9. The van der Waals surface area contributed by atoms with Gasteiger partial charge in [-0.2, -0.15) is 5.10 Å². The van der Waals surface area contributed by atoms with E-state index in [1.165, 1.54) is 19.2 Å². The van der Waals surface area contributed by atoms with Crippen molar-refractivity contribution >= 4 is 15.9 Å². The Balaban J connectivity index is 1.85. The number of hydrogen-bond donors (Lipinski definition) is 1. The molecule has 0 bridgehead atoms. The fourth-order valence-corrected chi connectivity index (χ4v) is 3.44. The molecule has 0 unspecified atom stereocenters. The molecule has 0 saturated carbocycles. The Morgan fingerprint density at radius 3 is 2.87 bits per heavy atom. The van der Waals surface area contributed by atoms with E-state index in [2.05, 4.69) is 9.82 Å². The van der Waals surface area contributed by atoms with E-state index in [4.69, 9.17) is 4.42 Å². The van der Waals surface area contributed by atoms with Gasteiger partial charge < -0.3 is 9.32 Å². The number of nitrogens with one attached hydrogen (secondary N) is 1. The van der Waals surface area contributed by atoms with Gasteiger partial charge in [-0.05, 0) is 32.0 Å². The number of sulfonamides is 1. The van der Waals surface area contributed by atoms with Crippen molar-refractivity contribution in [3.05, 3.63) is 35.9 Å². The highest BCUT2D eigenvalue weighted by Crippen LogP contribution is 2.33. The number of aromatic nitrogens is 2. The summed E-state index contributed by atoms with van der Waals surface area (Å²) in [6.45, 7) is 0.604. The topological polar surface area (TPSA) is 97.4 Å². The first-order valence-corrected chi connectivity index (χ1v) is 8.73. The SMILES string of the molecule is CNS(=O)(=O)c1ccc(C(=O)N2CCC[C@H]2c2cnn(C)c2)o1. The van der Waals surface area contributed by atoms with E-state index in [1.54, 1.807) is 15.8 Å². The number of amides is 1. The Labute approximate surface area is 134 Å². The van der Waals surface area contributed by atoms with Crippen LogP contribution >= 0.6 is 0 Å². The monoisotopic (exact) mass is 338 g/mol. The highest BCUT2D eigenvalue weighted by atomic mass is 32.2. The Hall–Kier alpha value is -2.13. The molecule has 1 saturated heterocycles. The van der Waals surface area contributed by atoms with E-state index >= 15 is 0 Å². The Morgan fingerprint density at radius 2 is 2.22 bits per heavy atom. The van der Waals surface area contributed by atoms with Crippen LogP contribution in [0.25, 0.3) is 0 Å². The number of carbonyl (C=O) groups is 1. The van der Waals surface area contributed by atoms with Gasteiger partial charge in [0.05, 0.1) is 12.2 Å². The number of hydrogen-bond acceptors (Lipinski definition) is 5. The number of carbonyl (C=O) groups excluding carboxylic acids is 1. The van der Waals surface area contributed by atoms with E-state index < -0.39 is 10.0 Å². The van der Waals surface area contributed by atoms with Crippen molar-refractivity contribution in [3.8, 4) is 0 Å². The molecule has 0 aromatic carbocycles. The van der Waals surface area contributed by atoms with Crippen LogP contribution in [0.5, 0.6) is 0 Å². The lowest BCUT2D eigenvalue weighted by Gasteiger charge is -2.22. The molecule has 2 aromatic rings. The minimum Gasteiger partial charge on any atom is -0.438 e. The summed E-state index contributed by atoms with van der Waals surface area (Å²) in [5.74, 6) is -0.288. The molecule has 1 amide bonds. The van der Waals surface area contributed by atoms with Crippen LogP contribution in [0.4, 0.5) is 0 Å². The summed E-state index contributed by atoms with van der Waals surface area (Å²) in [5.41, 5.74) is 0.966. The van der Waals surface area contributed by atoms with Crippen LogP contribution in [0, 0.1) is 0 Å². The van der Waals surface area contributed by atoms with Gasteiger partial charge in [-0.3, -0.25) is 9.48 Å². The molecule has 1 N–H and O–H groups in total. The first-order valence-electron chi connectivity index (χ1n) is 7.25. The molecule has 1 fully saturated rings. The molecule has 0 radical (unpaired) electrons. The second-order valence-electron chi connectivity index (χ2n) is 5.43. The first-order chi connectivity index (χ1) is 10.9. The molecule has 23 heavy (non-hydrogen) atoms. The van der Waals surface area contributed by atoms with Crippen LogP contribution in [0.15, 0.2) is 34.0 Å². The quantitative estimate of drug-likeness (QED) is 0.893. The van der Waals surface area contributed by atoms with Gasteiger partial charge in [0.15, 0.2) is 5.76 Å². The van der Waals surface area contributed by atoms with Crippen LogP contribution in [-0.2, 0) is 17.1 Å². The second-order valence-corrected chi connectivity index (χ2v) is 7.25. The standard InChI is InChI=1S/C14H18N4O4S/c1-15-23(20,21)13-6-5-12(22-13)14(19)18-7-3-4-11(18)10-8-16-17(2)9-10/h5-6,8-9,11,15H,3-4,7H2,1-2H3/t11-/m0/s1. The largest absolute Gasteiger partial charge is 0.438 e. The second kappa shape index (κ2) is 5.82. The molecule has 3 heterocycles. The highest BCUT2D eigenvalue weighted by molar-refractivity contribution is 7.89. The van der Waals surface area contributed by atoms with Gasteiger partial charge in [0.25, 0.3) is 15.9 Å². The summed E-state index contributed by atoms with van der Waals surface area (Å²) in [5, 5.41) is 3.88. The summed E-state index contributed by atoms with van der Waals surface area (Å²) in [6.07, 6.45) is 5.36. The normalized spacial score (nSPS) is 18.5. The minimum absolute atomic E-state index is 0.0228. The van der Waals surface area contributed by atoms with Crippen molar-refractivity contribution in [2.45, 2.75) is 24.0 Å². The van der Waals surface area contributed by atoms with Crippen LogP contribution in [0.2, 0.25) is 0 Å². The summed E-state index contributed by atoms with van der Waals surface area (Å²) >= 11 is 0. The lowest BCUT2D eigenvalue weighted by molar-refractivity contribution is 0.0697. The molecule has 2 aromatic heterocycles. The highest BCUT2D eigenvalue weighted by Gasteiger charge is 2.33. The molecular formula is C14H18N4O4S. The first kappa shape index (κ1) is 15.8. The smallest absolute Gasteiger partial charge is 0.290 e. The van der Waals surface area contributed by atoms with Gasteiger partial charge in [-0.1, -0.05) is 0 Å². The molecule has 1 aliphatic rings. The molecule has 1 aliphatic heterocycles. The number of aryl methyl sites for hydroxylation is 1. The van der Waals surface area contributed by atoms with Crippen molar-refractivity contribution < 1.29 is 17.6 Å². The third-order valence-electron chi connectivity index (χ3n) is 3.95. The minimum atomic E-state index is -3.70. The Bertz CT molecular complexity index is 823. The van der Waals surface area contributed by atoms with Crippen molar-refractivity contribution in [1.82, 2.24) is 19.4 Å². The maximum Gasteiger partial charge on any atom is 0.290 e. The van der Waals surface area contributed by atoms with Gasteiger partial charge in [-0.15, -0.1) is 0 Å². The number of furan rings is 1. The lowest BCUT2D eigenvalue weighted by atomic mass is 10.1. The summed E-state index contributed by atoms with van der Waals surface area (Å²) in [7, 11) is -0.582. The Morgan fingerprint density at radius 1 is 1.43 bits per heavy atom. The van der Waals surface area contributed by atoms with Crippen LogP contribution in [0.3, 0.4) is 0 Å². The van der Waals surface area contributed by atoms with Gasteiger partial charge >= 0.3 is 0 Å². The number of rotatable bonds is 4. The number of likely N-dealkylation sites (tertiary alicyclic amines) is 1. The zero-order valence-corrected chi connectivity index (χ0v) is 13.7. The van der Waals surface area contributed by atoms with Crippen molar-refractivity contribution in [3.63, 3.8) is 0 Å². The van der Waals surface area contributed by atoms with Crippen LogP contribution in [-0.4, -0.2) is 42.6 Å². The third kappa shape index (κ3) is 2.89. The van der Waals surface area contributed by atoms with Gasteiger partial charge in [-0.25, -0.2) is 13.1 Å². The molecule has 1 atom stereocenters. The van der Waals surface area contributed by atoms with Crippen LogP contribution in [0.1, 0.15) is 35.0 Å². The van der Waals surface area contributed by atoms with E-state index in [0.29, 0.717) is 6.54 Å². The summed E-state index contributed by atoms with van der Waals surface area (Å²) in [6, 6.07) is 2.62. The molecule has 3 rings (SSSR count). The van der Waals surface area contributed by atoms with Gasteiger partial charge in [0.2, 0.25) is 5.09 Å².